The van der Waals surface area contributed by atoms with Crippen molar-refractivity contribution in [2.75, 3.05) is 30.4 Å². The number of aryl methyl sites for hydroxylation is 1. The van der Waals surface area contributed by atoms with Gasteiger partial charge in [-0.2, -0.15) is 0 Å². The lowest BCUT2D eigenvalue weighted by atomic mass is 9.95. The zero-order valence-corrected chi connectivity index (χ0v) is 20.8. The van der Waals surface area contributed by atoms with Crippen molar-refractivity contribution in [3.8, 4) is 22.3 Å². The summed E-state index contributed by atoms with van der Waals surface area (Å²) in [6.45, 7) is 3.47. The van der Waals surface area contributed by atoms with Gasteiger partial charge in [-0.25, -0.2) is 19.6 Å². The average Bonchev–Trinajstić information content (AvgIpc) is 2.88. The summed E-state index contributed by atoms with van der Waals surface area (Å²) in [6, 6.07) is 14.4. The number of benzene rings is 2. The topological polar surface area (TPSA) is 105 Å². The molecule has 0 unspecified atom stereocenters. The molecule has 4 N–H and O–H groups in total. The van der Waals surface area contributed by atoms with Crippen LogP contribution in [0.4, 0.5) is 20.7 Å². The number of hydrogen-bond acceptors (Lipinski definition) is 6. The zero-order valence-electron chi connectivity index (χ0n) is 20.8. The van der Waals surface area contributed by atoms with Gasteiger partial charge in [0.25, 0.3) is 0 Å². The number of amides is 2. The number of fused-ring (bicyclic) bond motifs is 1. The lowest BCUT2D eigenvalue weighted by molar-refractivity contribution is 0.114. The summed E-state index contributed by atoms with van der Waals surface area (Å²) in [6.07, 6.45) is 5.18. The Morgan fingerprint density at radius 3 is 2.65 bits per heavy atom. The lowest BCUT2D eigenvalue weighted by Crippen LogP contribution is -2.40. The van der Waals surface area contributed by atoms with Crippen LogP contribution >= 0.6 is 0 Å². The second-order valence-corrected chi connectivity index (χ2v) is 9.25. The van der Waals surface area contributed by atoms with Crippen LogP contribution in [0.5, 0.6) is 0 Å². The fraction of sp³-hybridized carbons (Fsp3) is 0.250. The standard InChI is InChI=1S/C28H29FN6O2/c1-17-12-19(14-20(29)13-17)24-16-32-25-6-5-18(15-23(25)26(24)35-10-7-21(30)8-11-35)22-4-3-9-31-27(22)33-28(36)34-37-2/h3-6,9,12-16,21H,7-8,10-11,30H2,1-2H3,(H2,31,33,34,36). The van der Waals surface area contributed by atoms with Crippen molar-refractivity contribution in [2.24, 2.45) is 5.73 Å². The maximum absolute atomic E-state index is 14.4. The molecule has 0 radical (unpaired) electrons. The lowest BCUT2D eigenvalue weighted by Gasteiger charge is -2.34. The van der Waals surface area contributed by atoms with Crippen molar-refractivity contribution in [1.29, 1.82) is 0 Å². The third-order valence-corrected chi connectivity index (χ3v) is 6.59. The van der Waals surface area contributed by atoms with Crippen LogP contribution in [-0.4, -0.2) is 42.2 Å². The fourth-order valence-corrected chi connectivity index (χ4v) is 4.88. The number of piperidine rings is 1. The molecule has 3 heterocycles. The predicted octanol–water partition coefficient (Wildman–Crippen LogP) is 5.02. The Morgan fingerprint density at radius 2 is 1.89 bits per heavy atom. The molecule has 5 rings (SSSR count). The number of hydrogen-bond donors (Lipinski definition) is 3. The number of pyridine rings is 2. The Balaban J connectivity index is 1.69. The molecule has 8 nitrogen and oxygen atoms in total. The molecule has 9 heteroatoms. The molecule has 37 heavy (non-hydrogen) atoms. The van der Waals surface area contributed by atoms with E-state index in [1.165, 1.54) is 13.2 Å². The molecule has 0 bridgehead atoms. The van der Waals surface area contributed by atoms with E-state index >= 15 is 0 Å². The molecule has 190 valence electrons. The first-order chi connectivity index (χ1) is 17.9. The Morgan fingerprint density at radius 1 is 1.08 bits per heavy atom. The molecule has 1 aliphatic heterocycles. The average molecular weight is 501 g/mol. The largest absolute Gasteiger partial charge is 0.370 e. The van der Waals surface area contributed by atoms with E-state index in [0.29, 0.717) is 5.82 Å². The van der Waals surface area contributed by atoms with E-state index < -0.39 is 6.03 Å². The number of nitrogens with two attached hydrogens (primary N) is 1. The highest BCUT2D eigenvalue weighted by Crippen LogP contribution is 2.40. The molecule has 4 aromatic rings. The summed E-state index contributed by atoms with van der Waals surface area (Å²) in [4.78, 5) is 28.2. The molecule has 1 aliphatic rings. The Labute approximate surface area is 214 Å². The summed E-state index contributed by atoms with van der Waals surface area (Å²) < 4.78 is 14.4. The maximum atomic E-state index is 14.4. The summed E-state index contributed by atoms with van der Waals surface area (Å²) in [5, 5.41) is 3.66. The van der Waals surface area contributed by atoms with Gasteiger partial charge in [0.15, 0.2) is 0 Å². The summed E-state index contributed by atoms with van der Waals surface area (Å²) in [5.41, 5.74) is 14.4. The van der Waals surface area contributed by atoms with E-state index in [9.17, 15) is 9.18 Å². The van der Waals surface area contributed by atoms with Crippen molar-refractivity contribution in [3.05, 3.63) is 72.3 Å². The number of carbonyl (C=O) groups is 1. The molecule has 0 aliphatic carbocycles. The van der Waals surface area contributed by atoms with Gasteiger partial charge < -0.3 is 10.6 Å². The normalized spacial score (nSPS) is 14.1. The molecule has 2 amide bonds. The maximum Gasteiger partial charge on any atom is 0.344 e. The second kappa shape index (κ2) is 10.5. The smallest absolute Gasteiger partial charge is 0.344 e. The van der Waals surface area contributed by atoms with Crippen LogP contribution in [0.3, 0.4) is 0 Å². The minimum absolute atomic E-state index is 0.169. The Hall–Kier alpha value is -4.08. The second-order valence-electron chi connectivity index (χ2n) is 9.25. The Bertz CT molecular complexity index is 1430. The highest BCUT2D eigenvalue weighted by Gasteiger charge is 2.23. The summed E-state index contributed by atoms with van der Waals surface area (Å²) in [5.74, 6) is 0.114. The van der Waals surface area contributed by atoms with Gasteiger partial charge in [-0.3, -0.25) is 15.1 Å². The molecule has 0 saturated carbocycles. The van der Waals surface area contributed by atoms with Crippen molar-refractivity contribution in [2.45, 2.75) is 25.8 Å². The molecule has 0 spiro atoms. The van der Waals surface area contributed by atoms with Crippen LogP contribution in [0.1, 0.15) is 18.4 Å². The minimum Gasteiger partial charge on any atom is -0.370 e. The highest BCUT2D eigenvalue weighted by atomic mass is 19.1. The van der Waals surface area contributed by atoms with E-state index in [2.05, 4.69) is 26.7 Å². The van der Waals surface area contributed by atoms with Crippen LogP contribution in [0.25, 0.3) is 33.2 Å². The van der Waals surface area contributed by atoms with Crippen LogP contribution in [0.2, 0.25) is 0 Å². The number of nitrogens with zero attached hydrogens (tertiary/aromatic N) is 3. The van der Waals surface area contributed by atoms with Crippen LogP contribution < -0.4 is 21.4 Å². The van der Waals surface area contributed by atoms with Crippen molar-refractivity contribution >= 4 is 28.4 Å². The predicted molar refractivity (Wildman–Crippen MR) is 144 cm³/mol. The quantitative estimate of drug-likeness (QED) is 0.332. The van der Waals surface area contributed by atoms with Gasteiger partial charge in [-0.15, -0.1) is 0 Å². The Kier molecular flexibility index (Phi) is 6.98. The highest BCUT2D eigenvalue weighted by molar-refractivity contribution is 6.02. The number of rotatable bonds is 5. The first kappa shape index (κ1) is 24.6. The number of anilines is 2. The van der Waals surface area contributed by atoms with Crippen LogP contribution in [-0.2, 0) is 4.84 Å². The monoisotopic (exact) mass is 500 g/mol. The zero-order chi connectivity index (χ0) is 25.9. The number of aromatic nitrogens is 2. The number of nitrogens with one attached hydrogen (secondary N) is 2. The van der Waals surface area contributed by atoms with Crippen molar-refractivity contribution in [3.63, 3.8) is 0 Å². The third kappa shape index (κ3) is 5.23. The number of carbonyl (C=O) groups excluding carboxylic acids is 1. The summed E-state index contributed by atoms with van der Waals surface area (Å²) in [7, 11) is 1.36. The number of urea groups is 1. The van der Waals surface area contributed by atoms with Gasteiger partial charge in [0.1, 0.15) is 11.6 Å². The van der Waals surface area contributed by atoms with E-state index in [4.69, 9.17) is 15.6 Å². The number of hydroxylamine groups is 1. The minimum atomic E-state index is -0.529. The molecular weight excluding hydrogens is 471 g/mol. The van der Waals surface area contributed by atoms with Gasteiger partial charge in [0, 0.05) is 48.0 Å². The first-order valence-corrected chi connectivity index (χ1v) is 12.2. The molecule has 1 saturated heterocycles. The molecule has 0 atom stereocenters. The molecular formula is C28H29FN6O2. The van der Waals surface area contributed by atoms with E-state index in [1.807, 2.05) is 43.5 Å². The van der Waals surface area contributed by atoms with E-state index in [-0.39, 0.29) is 11.9 Å². The van der Waals surface area contributed by atoms with Crippen molar-refractivity contribution < 1.29 is 14.0 Å². The molecule has 1 fully saturated rings. The molecule has 2 aromatic heterocycles. The number of halogens is 1. The van der Waals surface area contributed by atoms with Gasteiger partial charge in [0.05, 0.1) is 18.3 Å². The van der Waals surface area contributed by atoms with E-state index in [0.717, 1.165) is 70.3 Å². The first-order valence-electron chi connectivity index (χ1n) is 12.2. The van der Waals surface area contributed by atoms with Gasteiger partial charge >= 0.3 is 6.03 Å². The third-order valence-electron chi connectivity index (χ3n) is 6.59. The van der Waals surface area contributed by atoms with Crippen LogP contribution in [0.15, 0.2) is 60.9 Å². The SMILES string of the molecule is CONC(=O)Nc1ncccc1-c1ccc2ncc(-c3cc(C)cc(F)c3)c(N3CCC(N)CC3)c2c1. The van der Waals surface area contributed by atoms with Gasteiger partial charge in [-0.1, -0.05) is 12.1 Å². The van der Waals surface area contributed by atoms with Gasteiger partial charge in [0.2, 0.25) is 0 Å². The van der Waals surface area contributed by atoms with Gasteiger partial charge in [-0.05, 0) is 72.9 Å². The van der Waals surface area contributed by atoms with Crippen LogP contribution in [0, 0.1) is 12.7 Å². The molecule has 2 aromatic carbocycles. The summed E-state index contributed by atoms with van der Waals surface area (Å²) >= 11 is 0. The van der Waals surface area contributed by atoms with Crippen molar-refractivity contribution in [1.82, 2.24) is 15.4 Å². The fourth-order valence-electron chi connectivity index (χ4n) is 4.88. The van der Waals surface area contributed by atoms with E-state index in [1.54, 1.807) is 12.3 Å².